The summed E-state index contributed by atoms with van der Waals surface area (Å²) < 4.78 is 2.14. The highest BCUT2D eigenvalue weighted by molar-refractivity contribution is 7.12. The number of fused-ring (bicyclic) bond motifs is 1. The van der Waals surface area contributed by atoms with Crippen LogP contribution in [-0.4, -0.2) is 40.0 Å². The fraction of sp³-hybridized carbons (Fsp3) is 0.400. The highest BCUT2D eigenvalue weighted by Gasteiger charge is 2.17. The molecule has 5 nitrogen and oxygen atoms in total. The first-order chi connectivity index (χ1) is 12.7. The highest BCUT2D eigenvalue weighted by Crippen LogP contribution is 2.22. The molecule has 2 aromatic heterocycles. The molecule has 1 fully saturated rings. The monoisotopic (exact) mass is 368 g/mol. The van der Waals surface area contributed by atoms with E-state index in [0.29, 0.717) is 5.95 Å². The molecule has 4 rings (SSSR count). The van der Waals surface area contributed by atoms with E-state index in [0.717, 1.165) is 34.6 Å². The Hall–Kier alpha value is -2.18. The van der Waals surface area contributed by atoms with Crippen molar-refractivity contribution in [3.05, 3.63) is 46.2 Å². The van der Waals surface area contributed by atoms with Gasteiger partial charge in [0, 0.05) is 13.1 Å². The molecule has 1 aromatic carbocycles. The number of aromatic nitrogens is 2. The molecule has 0 saturated carbocycles. The number of carbonyl (C=O) groups excluding carboxylic acids is 1. The number of carbonyl (C=O) groups is 1. The average Bonchev–Trinajstić information content (AvgIpc) is 3.24. The van der Waals surface area contributed by atoms with Gasteiger partial charge in [-0.25, -0.2) is 4.98 Å². The van der Waals surface area contributed by atoms with E-state index in [1.807, 2.05) is 36.6 Å². The maximum absolute atomic E-state index is 12.7. The van der Waals surface area contributed by atoms with E-state index in [9.17, 15) is 4.79 Å². The summed E-state index contributed by atoms with van der Waals surface area (Å²) in [5.74, 6) is 0.563. The van der Waals surface area contributed by atoms with E-state index in [2.05, 4.69) is 25.8 Å². The number of likely N-dealkylation sites (tertiary alicyclic amines) is 1. The Morgan fingerprint density at radius 1 is 1.15 bits per heavy atom. The number of para-hydroxylation sites is 2. The summed E-state index contributed by atoms with van der Waals surface area (Å²) in [5, 5.41) is 4.98. The smallest absolute Gasteiger partial charge is 0.268 e. The number of anilines is 1. The van der Waals surface area contributed by atoms with Crippen molar-refractivity contribution in [2.75, 3.05) is 25.0 Å². The molecule has 0 unspecified atom stereocenters. The number of benzene rings is 1. The van der Waals surface area contributed by atoms with E-state index in [4.69, 9.17) is 0 Å². The van der Waals surface area contributed by atoms with Gasteiger partial charge in [0.25, 0.3) is 5.91 Å². The summed E-state index contributed by atoms with van der Waals surface area (Å²) in [5.41, 5.74) is 3.00. The number of amides is 1. The molecule has 1 aliphatic rings. The Bertz CT molecular complexity index is 908. The third kappa shape index (κ3) is 3.52. The first kappa shape index (κ1) is 17.2. The molecule has 0 aliphatic carbocycles. The van der Waals surface area contributed by atoms with E-state index in [1.165, 1.54) is 43.7 Å². The lowest BCUT2D eigenvalue weighted by molar-refractivity contribution is 0.102. The molecule has 1 saturated heterocycles. The van der Waals surface area contributed by atoms with E-state index in [1.54, 1.807) is 0 Å². The summed E-state index contributed by atoms with van der Waals surface area (Å²) in [4.78, 5) is 20.6. The zero-order valence-corrected chi connectivity index (χ0v) is 15.9. The van der Waals surface area contributed by atoms with Gasteiger partial charge in [0.15, 0.2) is 0 Å². The van der Waals surface area contributed by atoms with Crippen LogP contribution in [0, 0.1) is 6.92 Å². The van der Waals surface area contributed by atoms with Crippen LogP contribution >= 0.6 is 11.3 Å². The van der Waals surface area contributed by atoms with Crippen molar-refractivity contribution in [3.63, 3.8) is 0 Å². The van der Waals surface area contributed by atoms with Crippen molar-refractivity contribution >= 4 is 34.2 Å². The van der Waals surface area contributed by atoms with Crippen LogP contribution < -0.4 is 5.32 Å². The minimum Gasteiger partial charge on any atom is -0.309 e. The normalized spacial score (nSPS) is 15.4. The van der Waals surface area contributed by atoms with Crippen LogP contribution in [0.25, 0.3) is 11.0 Å². The average molecular weight is 369 g/mol. The summed E-state index contributed by atoms with van der Waals surface area (Å²) in [6.45, 7) is 6.12. The molecule has 3 aromatic rings. The zero-order valence-electron chi connectivity index (χ0n) is 15.1. The van der Waals surface area contributed by atoms with Crippen LogP contribution in [0.5, 0.6) is 0 Å². The van der Waals surface area contributed by atoms with Crippen molar-refractivity contribution in [2.24, 2.45) is 0 Å². The van der Waals surface area contributed by atoms with Crippen LogP contribution in [0.4, 0.5) is 5.95 Å². The van der Waals surface area contributed by atoms with Crippen molar-refractivity contribution < 1.29 is 4.79 Å². The molecule has 1 aliphatic heterocycles. The lowest BCUT2D eigenvalue weighted by Gasteiger charge is -2.26. The second-order valence-electron chi connectivity index (χ2n) is 6.86. The third-order valence-electron chi connectivity index (χ3n) is 5.04. The molecule has 0 atom stereocenters. The number of nitrogens with zero attached hydrogens (tertiary/aromatic N) is 3. The number of hydrogen-bond donors (Lipinski definition) is 1. The highest BCUT2D eigenvalue weighted by atomic mass is 32.1. The van der Waals surface area contributed by atoms with Crippen LogP contribution in [-0.2, 0) is 6.54 Å². The zero-order chi connectivity index (χ0) is 17.9. The van der Waals surface area contributed by atoms with E-state index < -0.39 is 0 Å². The number of thiophene rings is 1. The number of nitrogens with one attached hydrogen (secondary N) is 1. The predicted octanol–water partition coefficient (Wildman–Crippen LogP) is 4.14. The lowest BCUT2D eigenvalue weighted by Crippen LogP contribution is -2.32. The number of aryl methyl sites for hydroxylation is 1. The Kier molecular flexibility index (Phi) is 5.04. The quantitative estimate of drug-likeness (QED) is 0.736. The fourth-order valence-corrected chi connectivity index (χ4v) is 4.41. The molecule has 1 amide bonds. The lowest BCUT2D eigenvalue weighted by atomic mass is 10.1. The minimum atomic E-state index is -0.0768. The van der Waals surface area contributed by atoms with Gasteiger partial charge in [0.2, 0.25) is 5.95 Å². The Morgan fingerprint density at radius 2 is 1.96 bits per heavy atom. The van der Waals surface area contributed by atoms with Crippen LogP contribution in [0.3, 0.4) is 0 Å². The second-order valence-corrected chi connectivity index (χ2v) is 7.78. The first-order valence-corrected chi connectivity index (χ1v) is 10.1. The molecule has 0 bridgehead atoms. The van der Waals surface area contributed by atoms with Gasteiger partial charge in [-0.3, -0.25) is 10.1 Å². The molecule has 26 heavy (non-hydrogen) atoms. The molecule has 3 heterocycles. The van der Waals surface area contributed by atoms with Crippen molar-refractivity contribution in [1.82, 2.24) is 14.5 Å². The van der Waals surface area contributed by atoms with Gasteiger partial charge in [-0.05, 0) is 62.0 Å². The van der Waals surface area contributed by atoms with Crippen molar-refractivity contribution in [2.45, 2.75) is 32.7 Å². The fourth-order valence-electron chi connectivity index (χ4n) is 3.59. The second kappa shape index (κ2) is 7.60. The van der Waals surface area contributed by atoms with Gasteiger partial charge in [0.1, 0.15) is 0 Å². The summed E-state index contributed by atoms with van der Waals surface area (Å²) in [6, 6.07) is 10.1. The first-order valence-electron chi connectivity index (χ1n) is 9.25. The number of hydrogen-bond acceptors (Lipinski definition) is 4. The number of rotatable bonds is 5. The largest absolute Gasteiger partial charge is 0.309 e. The Morgan fingerprint density at radius 3 is 2.73 bits per heavy atom. The van der Waals surface area contributed by atoms with Crippen molar-refractivity contribution in [1.29, 1.82) is 0 Å². The van der Waals surface area contributed by atoms with Crippen LogP contribution in [0.2, 0.25) is 0 Å². The summed E-state index contributed by atoms with van der Waals surface area (Å²) >= 11 is 1.47. The number of imidazole rings is 1. The Labute approximate surface area is 157 Å². The van der Waals surface area contributed by atoms with Crippen LogP contribution in [0.15, 0.2) is 35.7 Å². The number of piperidine rings is 1. The molecule has 0 radical (unpaired) electrons. The van der Waals surface area contributed by atoms with Crippen molar-refractivity contribution in [3.8, 4) is 0 Å². The van der Waals surface area contributed by atoms with Gasteiger partial charge in [-0.15, -0.1) is 11.3 Å². The molecule has 6 heteroatoms. The third-order valence-corrected chi connectivity index (χ3v) is 6.05. The maximum atomic E-state index is 12.7. The predicted molar refractivity (Wildman–Crippen MR) is 107 cm³/mol. The van der Waals surface area contributed by atoms with E-state index in [-0.39, 0.29) is 5.91 Å². The van der Waals surface area contributed by atoms with Gasteiger partial charge in [-0.2, -0.15) is 0 Å². The topological polar surface area (TPSA) is 50.2 Å². The van der Waals surface area contributed by atoms with Gasteiger partial charge >= 0.3 is 0 Å². The van der Waals surface area contributed by atoms with Crippen LogP contribution in [0.1, 0.15) is 34.5 Å². The van der Waals surface area contributed by atoms with E-state index >= 15 is 0 Å². The van der Waals surface area contributed by atoms with Gasteiger partial charge in [0.05, 0.1) is 15.9 Å². The standard InChI is InChI=1S/C20H24N4OS/c1-15-9-14-26-18(15)19(25)22-20-21-16-7-3-4-8-17(16)24(20)13-12-23-10-5-2-6-11-23/h3-4,7-9,14H,2,5-6,10-13H2,1H3,(H,21,22,25). The molecule has 1 N–H and O–H groups in total. The molecular weight excluding hydrogens is 344 g/mol. The minimum absolute atomic E-state index is 0.0768. The molecular formula is C20H24N4OS. The molecule has 0 spiro atoms. The molecule has 136 valence electrons. The maximum Gasteiger partial charge on any atom is 0.268 e. The SMILES string of the molecule is Cc1ccsc1C(=O)Nc1nc2ccccc2n1CCN1CCCCC1. The summed E-state index contributed by atoms with van der Waals surface area (Å²) in [7, 11) is 0. The summed E-state index contributed by atoms with van der Waals surface area (Å²) in [6.07, 6.45) is 3.91. The Balaban J connectivity index is 1.58. The van der Waals surface area contributed by atoms with Gasteiger partial charge in [-0.1, -0.05) is 18.6 Å². The van der Waals surface area contributed by atoms with Gasteiger partial charge < -0.3 is 9.47 Å².